The maximum Gasteiger partial charge on any atom is 0.257 e. The van der Waals surface area contributed by atoms with Crippen LogP contribution in [-0.2, 0) is 6.42 Å². The van der Waals surface area contributed by atoms with Gasteiger partial charge in [-0.15, -0.1) is 0 Å². The average Bonchev–Trinajstić information content (AvgIpc) is 3.20. The Morgan fingerprint density at radius 3 is 2.81 bits per heavy atom. The normalized spacial score (nSPS) is 18.3. The highest BCUT2D eigenvalue weighted by molar-refractivity contribution is 6.04. The second kappa shape index (κ2) is 7.43. The summed E-state index contributed by atoms with van der Waals surface area (Å²) >= 11 is 0. The summed E-state index contributed by atoms with van der Waals surface area (Å²) in [6, 6.07) is 15.7. The van der Waals surface area contributed by atoms with Crippen LogP contribution in [-0.4, -0.2) is 43.0 Å². The molecule has 1 saturated heterocycles. The first-order chi connectivity index (χ1) is 13.1. The van der Waals surface area contributed by atoms with Crippen LogP contribution in [0.1, 0.15) is 45.5 Å². The van der Waals surface area contributed by atoms with E-state index in [0.717, 1.165) is 37.9 Å². The van der Waals surface area contributed by atoms with Gasteiger partial charge < -0.3 is 15.1 Å². The van der Waals surface area contributed by atoms with E-state index in [1.54, 1.807) is 12.1 Å². The van der Waals surface area contributed by atoms with Gasteiger partial charge in [-0.3, -0.25) is 9.59 Å². The van der Waals surface area contributed by atoms with Crippen LogP contribution in [0.25, 0.3) is 0 Å². The van der Waals surface area contributed by atoms with Crippen LogP contribution in [0.5, 0.6) is 0 Å². The number of carbonyl (C=O) groups is 2. The van der Waals surface area contributed by atoms with Crippen molar-refractivity contribution in [2.24, 2.45) is 0 Å². The van der Waals surface area contributed by atoms with Crippen LogP contribution in [0.4, 0.5) is 5.69 Å². The first kappa shape index (κ1) is 17.6. The minimum Gasteiger partial charge on any atom is -0.354 e. The summed E-state index contributed by atoms with van der Waals surface area (Å²) in [6.45, 7) is 1.45. The van der Waals surface area contributed by atoms with Crippen LogP contribution in [0.15, 0.2) is 48.5 Å². The fourth-order valence-electron chi connectivity index (χ4n) is 4.09. The predicted molar refractivity (Wildman–Crippen MR) is 106 cm³/mol. The Hall–Kier alpha value is -2.82. The summed E-state index contributed by atoms with van der Waals surface area (Å²) in [4.78, 5) is 29.3. The maximum atomic E-state index is 12.7. The van der Waals surface area contributed by atoms with E-state index in [9.17, 15) is 9.59 Å². The molecule has 2 aromatic carbocycles. The van der Waals surface area contributed by atoms with Crippen LogP contribution < -0.4 is 10.2 Å². The number of fused-ring (bicyclic) bond motifs is 2. The lowest BCUT2D eigenvalue weighted by Gasteiger charge is -2.40. The van der Waals surface area contributed by atoms with Crippen molar-refractivity contribution in [3.8, 4) is 0 Å². The van der Waals surface area contributed by atoms with Gasteiger partial charge in [0.1, 0.15) is 6.17 Å². The second-order valence-electron chi connectivity index (χ2n) is 7.31. The fraction of sp³-hybridized carbons (Fsp3) is 0.364. The van der Waals surface area contributed by atoms with Crippen molar-refractivity contribution in [1.29, 1.82) is 0 Å². The maximum absolute atomic E-state index is 12.7. The molecule has 5 heteroatoms. The highest BCUT2D eigenvalue weighted by Crippen LogP contribution is 2.35. The predicted octanol–water partition coefficient (Wildman–Crippen LogP) is 3.06. The van der Waals surface area contributed by atoms with Gasteiger partial charge in [-0.1, -0.05) is 30.3 Å². The third kappa shape index (κ3) is 3.42. The summed E-state index contributed by atoms with van der Waals surface area (Å²) in [5, 5.41) is 3.00. The van der Waals surface area contributed by atoms with Crippen LogP contribution in [0, 0.1) is 0 Å². The lowest BCUT2D eigenvalue weighted by molar-refractivity contribution is 0.0719. The van der Waals surface area contributed by atoms with Gasteiger partial charge in [-0.05, 0) is 49.4 Å². The number of hydrogen-bond donors (Lipinski definition) is 1. The van der Waals surface area contributed by atoms with E-state index in [0.29, 0.717) is 17.7 Å². The number of benzene rings is 2. The van der Waals surface area contributed by atoms with E-state index in [1.165, 1.54) is 5.56 Å². The van der Waals surface area contributed by atoms with E-state index in [1.807, 2.05) is 36.2 Å². The van der Waals surface area contributed by atoms with Gasteiger partial charge >= 0.3 is 0 Å². The molecule has 2 aliphatic heterocycles. The summed E-state index contributed by atoms with van der Waals surface area (Å²) in [5.74, 6) is 0.000909. The molecular weight excluding hydrogens is 338 g/mol. The first-order valence-corrected chi connectivity index (χ1v) is 9.65. The highest BCUT2D eigenvalue weighted by Gasteiger charge is 2.38. The zero-order valence-electron chi connectivity index (χ0n) is 15.6. The quantitative estimate of drug-likeness (QED) is 0.831. The first-order valence-electron chi connectivity index (χ1n) is 9.65. The molecule has 5 nitrogen and oxygen atoms in total. The third-order valence-electron chi connectivity index (χ3n) is 5.57. The molecule has 140 valence electrons. The summed E-state index contributed by atoms with van der Waals surface area (Å²) in [5.41, 5.74) is 3.44. The molecule has 0 aliphatic carbocycles. The van der Waals surface area contributed by atoms with Crippen molar-refractivity contribution in [2.75, 3.05) is 25.0 Å². The molecule has 0 bridgehead atoms. The van der Waals surface area contributed by atoms with Crippen LogP contribution in [0.2, 0.25) is 0 Å². The number of aryl methyl sites for hydroxylation is 1. The van der Waals surface area contributed by atoms with Gasteiger partial charge in [0, 0.05) is 25.7 Å². The molecule has 2 aliphatic rings. The molecule has 2 aromatic rings. The standard InChI is InChI=1S/C22H25N3O2/c1-24-19-15-17(11-12-18(19)22(27)25-14-6-10-20(24)25)21(26)23-13-5-9-16-7-3-2-4-8-16/h2-4,7-8,11-12,15,20H,5-6,9-10,13-14H2,1H3,(H,23,26). The molecule has 1 atom stereocenters. The SMILES string of the molecule is CN1c2cc(C(=O)NCCCc3ccccc3)ccc2C(=O)N2CCCC21. The minimum atomic E-state index is -0.0828. The molecule has 4 rings (SSSR count). The Labute approximate surface area is 160 Å². The summed E-state index contributed by atoms with van der Waals surface area (Å²) < 4.78 is 0. The van der Waals surface area contributed by atoms with Gasteiger partial charge in [0.05, 0.1) is 11.3 Å². The Balaban J connectivity index is 1.40. The van der Waals surface area contributed by atoms with Crippen molar-refractivity contribution in [3.63, 3.8) is 0 Å². The lowest BCUT2D eigenvalue weighted by atomic mass is 10.0. The summed E-state index contributed by atoms with van der Waals surface area (Å²) in [6.07, 6.45) is 3.98. The average molecular weight is 363 g/mol. The molecule has 2 amide bonds. The largest absolute Gasteiger partial charge is 0.354 e. The van der Waals surface area contributed by atoms with E-state index in [2.05, 4.69) is 22.3 Å². The van der Waals surface area contributed by atoms with Crippen molar-refractivity contribution >= 4 is 17.5 Å². The lowest BCUT2D eigenvalue weighted by Crippen LogP contribution is -2.50. The second-order valence-corrected chi connectivity index (χ2v) is 7.31. The molecule has 0 radical (unpaired) electrons. The van der Waals surface area contributed by atoms with Crippen molar-refractivity contribution in [2.45, 2.75) is 31.8 Å². The van der Waals surface area contributed by atoms with Crippen LogP contribution in [0.3, 0.4) is 0 Å². The van der Waals surface area contributed by atoms with E-state index in [-0.39, 0.29) is 18.0 Å². The zero-order valence-corrected chi connectivity index (χ0v) is 15.6. The number of carbonyl (C=O) groups excluding carboxylic acids is 2. The molecule has 2 heterocycles. The molecule has 1 N–H and O–H groups in total. The number of nitrogens with zero attached hydrogens (tertiary/aromatic N) is 2. The Morgan fingerprint density at radius 1 is 1.19 bits per heavy atom. The van der Waals surface area contributed by atoms with E-state index < -0.39 is 0 Å². The van der Waals surface area contributed by atoms with Gasteiger partial charge in [-0.2, -0.15) is 0 Å². The molecule has 1 unspecified atom stereocenters. The molecular formula is C22H25N3O2. The smallest absolute Gasteiger partial charge is 0.257 e. The Bertz CT molecular complexity index is 850. The molecule has 0 spiro atoms. The summed E-state index contributed by atoms with van der Waals surface area (Å²) in [7, 11) is 2.01. The molecule has 0 saturated carbocycles. The number of rotatable bonds is 5. The molecule has 27 heavy (non-hydrogen) atoms. The van der Waals surface area contributed by atoms with Crippen molar-refractivity contribution < 1.29 is 9.59 Å². The van der Waals surface area contributed by atoms with Gasteiger partial charge in [0.2, 0.25) is 0 Å². The van der Waals surface area contributed by atoms with Crippen LogP contribution >= 0.6 is 0 Å². The number of amides is 2. The van der Waals surface area contributed by atoms with E-state index in [4.69, 9.17) is 0 Å². The topological polar surface area (TPSA) is 52.7 Å². The highest BCUT2D eigenvalue weighted by atomic mass is 16.2. The minimum absolute atomic E-state index is 0.0828. The Morgan fingerprint density at radius 2 is 2.00 bits per heavy atom. The number of anilines is 1. The van der Waals surface area contributed by atoms with Gasteiger partial charge in [-0.25, -0.2) is 0 Å². The third-order valence-corrected chi connectivity index (χ3v) is 5.57. The van der Waals surface area contributed by atoms with Crippen molar-refractivity contribution in [1.82, 2.24) is 10.2 Å². The van der Waals surface area contributed by atoms with Crippen molar-refractivity contribution in [3.05, 3.63) is 65.2 Å². The van der Waals surface area contributed by atoms with Gasteiger partial charge in [0.15, 0.2) is 0 Å². The fourth-order valence-corrected chi connectivity index (χ4v) is 4.09. The number of nitrogens with one attached hydrogen (secondary N) is 1. The molecule has 1 fully saturated rings. The zero-order chi connectivity index (χ0) is 18.8. The number of hydrogen-bond acceptors (Lipinski definition) is 3. The monoisotopic (exact) mass is 363 g/mol. The Kier molecular flexibility index (Phi) is 4.84. The van der Waals surface area contributed by atoms with Gasteiger partial charge in [0.25, 0.3) is 11.8 Å². The molecule has 0 aromatic heterocycles. The van der Waals surface area contributed by atoms with E-state index >= 15 is 0 Å².